The van der Waals surface area contributed by atoms with E-state index >= 15 is 0 Å². The number of fused-ring (bicyclic) bond motifs is 1. The van der Waals surface area contributed by atoms with Gasteiger partial charge in [0.15, 0.2) is 0 Å². The lowest BCUT2D eigenvalue weighted by atomic mass is 10.1. The highest BCUT2D eigenvalue weighted by molar-refractivity contribution is 7.19. The van der Waals surface area contributed by atoms with Crippen LogP contribution < -0.4 is 5.56 Å². The molecule has 1 amide bonds. The van der Waals surface area contributed by atoms with E-state index in [1.807, 2.05) is 54.3 Å². The largest absolute Gasteiger partial charge is 0.336 e. The van der Waals surface area contributed by atoms with Crippen molar-refractivity contribution in [2.75, 3.05) is 26.2 Å². The number of halogens is 1. The lowest BCUT2D eigenvalue weighted by Crippen LogP contribution is -2.48. The highest BCUT2D eigenvalue weighted by atomic mass is 35.5. The summed E-state index contributed by atoms with van der Waals surface area (Å²) in [5.41, 5.74) is 3.13. The number of nitrogens with zero attached hydrogens (tertiary/aromatic N) is 5. The summed E-state index contributed by atoms with van der Waals surface area (Å²) < 4.78 is 1.32. The van der Waals surface area contributed by atoms with Gasteiger partial charge in [-0.2, -0.15) is 9.61 Å². The Hall–Kier alpha value is -3.07. The fourth-order valence-corrected chi connectivity index (χ4v) is 5.14. The molecule has 2 aromatic carbocycles. The number of rotatable bonds is 4. The van der Waals surface area contributed by atoms with E-state index in [2.05, 4.69) is 15.0 Å². The molecular weight excluding hydrogens is 458 g/mol. The third-order valence-corrected chi connectivity index (χ3v) is 7.02. The minimum Gasteiger partial charge on any atom is -0.336 e. The quantitative estimate of drug-likeness (QED) is 0.446. The molecule has 0 saturated carbocycles. The zero-order chi connectivity index (χ0) is 22.9. The number of amides is 1. The van der Waals surface area contributed by atoms with Crippen LogP contribution in [-0.2, 0) is 6.54 Å². The van der Waals surface area contributed by atoms with E-state index in [0.29, 0.717) is 45.9 Å². The van der Waals surface area contributed by atoms with Crippen LogP contribution in [0.15, 0.2) is 59.4 Å². The Morgan fingerprint density at radius 2 is 1.79 bits per heavy atom. The molecule has 0 bridgehead atoms. The van der Waals surface area contributed by atoms with Gasteiger partial charge in [0.25, 0.3) is 11.5 Å². The molecule has 0 aliphatic carbocycles. The van der Waals surface area contributed by atoms with Crippen LogP contribution in [0, 0.1) is 6.92 Å². The first kappa shape index (κ1) is 21.8. The second-order valence-electron chi connectivity index (χ2n) is 8.10. The Labute approximate surface area is 199 Å². The molecule has 4 aromatic rings. The summed E-state index contributed by atoms with van der Waals surface area (Å²) in [5.74, 6) is 0.0594. The molecule has 9 heteroatoms. The number of hydrogen-bond donors (Lipinski definition) is 0. The van der Waals surface area contributed by atoms with Gasteiger partial charge in [0.05, 0.1) is 10.7 Å². The van der Waals surface area contributed by atoms with Gasteiger partial charge in [-0.1, -0.05) is 58.8 Å². The predicted molar refractivity (Wildman–Crippen MR) is 130 cm³/mol. The molecule has 0 atom stereocenters. The van der Waals surface area contributed by atoms with Crippen LogP contribution in [0.5, 0.6) is 0 Å². The molecule has 0 spiro atoms. The Balaban J connectivity index is 1.28. The minimum atomic E-state index is -0.210. The van der Waals surface area contributed by atoms with Gasteiger partial charge >= 0.3 is 0 Å². The SMILES string of the molecule is Cc1ccc(C(=O)N2CCN(Cc3cc(=O)n4nc(-c5ccccc5Cl)sc4n3)CC2)cc1. The number of carbonyl (C=O) groups excluding carboxylic acids is 1. The third kappa shape index (κ3) is 4.55. The van der Waals surface area contributed by atoms with E-state index in [1.54, 1.807) is 6.07 Å². The van der Waals surface area contributed by atoms with Gasteiger partial charge < -0.3 is 4.90 Å². The molecule has 1 saturated heterocycles. The monoisotopic (exact) mass is 479 g/mol. The summed E-state index contributed by atoms with van der Waals surface area (Å²) in [4.78, 5) is 34.7. The van der Waals surface area contributed by atoms with Gasteiger partial charge in [-0.05, 0) is 25.1 Å². The smallest absolute Gasteiger partial charge is 0.275 e. The molecule has 1 aliphatic heterocycles. The topological polar surface area (TPSA) is 70.8 Å². The zero-order valence-electron chi connectivity index (χ0n) is 18.1. The second kappa shape index (κ2) is 9.05. The molecule has 5 rings (SSSR count). The van der Waals surface area contributed by atoms with E-state index in [4.69, 9.17) is 11.6 Å². The highest BCUT2D eigenvalue weighted by Gasteiger charge is 2.23. The molecule has 1 fully saturated rings. The second-order valence-corrected chi connectivity index (χ2v) is 9.46. The predicted octanol–water partition coefficient (Wildman–Crippen LogP) is 3.74. The van der Waals surface area contributed by atoms with Crippen molar-refractivity contribution in [2.45, 2.75) is 13.5 Å². The molecule has 7 nitrogen and oxygen atoms in total. The first-order valence-corrected chi connectivity index (χ1v) is 11.9. The van der Waals surface area contributed by atoms with E-state index in [-0.39, 0.29) is 11.5 Å². The fraction of sp³-hybridized carbons (Fsp3) is 0.250. The van der Waals surface area contributed by atoms with E-state index in [1.165, 1.54) is 21.9 Å². The van der Waals surface area contributed by atoms with Crippen molar-refractivity contribution in [3.63, 3.8) is 0 Å². The number of carbonyl (C=O) groups is 1. The lowest BCUT2D eigenvalue weighted by molar-refractivity contribution is 0.0627. The van der Waals surface area contributed by atoms with Crippen molar-refractivity contribution < 1.29 is 4.79 Å². The van der Waals surface area contributed by atoms with Gasteiger partial charge in [-0.25, -0.2) is 4.98 Å². The number of piperazine rings is 1. The van der Waals surface area contributed by atoms with Crippen LogP contribution >= 0.6 is 22.9 Å². The van der Waals surface area contributed by atoms with Crippen LogP contribution in [0.3, 0.4) is 0 Å². The summed E-state index contributed by atoms with van der Waals surface area (Å²) in [6.07, 6.45) is 0. The number of aromatic nitrogens is 3. The summed E-state index contributed by atoms with van der Waals surface area (Å²) in [7, 11) is 0. The summed E-state index contributed by atoms with van der Waals surface area (Å²) >= 11 is 7.63. The Bertz CT molecular complexity index is 1370. The summed E-state index contributed by atoms with van der Waals surface area (Å²) in [6.45, 7) is 5.31. The Morgan fingerprint density at radius 1 is 1.06 bits per heavy atom. The average Bonchev–Trinajstić information content (AvgIpc) is 3.24. The van der Waals surface area contributed by atoms with Crippen molar-refractivity contribution in [2.24, 2.45) is 0 Å². The number of hydrogen-bond acceptors (Lipinski definition) is 6. The highest BCUT2D eigenvalue weighted by Crippen LogP contribution is 2.30. The van der Waals surface area contributed by atoms with Crippen LogP contribution in [0.4, 0.5) is 0 Å². The Kier molecular flexibility index (Phi) is 5.97. The van der Waals surface area contributed by atoms with E-state index in [0.717, 1.165) is 24.2 Å². The minimum absolute atomic E-state index is 0.0594. The number of benzene rings is 2. The number of aryl methyl sites for hydroxylation is 1. The Morgan fingerprint density at radius 3 is 2.52 bits per heavy atom. The van der Waals surface area contributed by atoms with Gasteiger partial charge in [-0.3, -0.25) is 14.5 Å². The standard InChI is InChI=1S/C24H22ClN5O2S/c1-16-6-8-17(9-7-16)23(32)29-12-10-28(11-13-29)15-18-14-21(31)30-24(26-18)33-22(27-30)19-4-2-3-5-20(19)25/h2-9,14H,10-13,15H2,1H3. The van der Waals surface area contributed by atoms with Crippen LogP contribution in [0.2, 0.25) is 5.02 Å². The fourth-order valence-electron chi connectivity index (χ4n) is 3.90. The molecule has 0 unspecified atom stereocenters. The van der Waals surface area contributed by atoms with E-state index < -0.39 is 0 Å². The molecule has 0 N–H and O–H groups in total. The molecule has 33 heavy (non-hydrogen) atoms. The van der Waals surface area contributed by atoms with Gasteiger partial charge in [0.2, 0.25) is 4.96 Å². The lowest BCUT2D eigenvalue weighted by Gasteiger charge is -2.34. The first-order valence-electron chi connectivity index (χ1n) is 10.7. The molecule has 1 aliphatic rings. The van der Waals surface area contributed by atoms with Crippen LogP contribution in [0.1, 0.15) is 21.6 Å². The maximum absolute atomic E-state index is 12.7. The average molecular weight is 480 g/mol. The van der Waals surface area contributed by atoms with Crippen molar-refractivity contribution >= 4 is 33.8 Å². The van der Waals surface area contributed by atoms with Gasteiger partial charge in [0, 0.05) is 49.9 Å². The maximum atomic E-state index is 12.7. The van der Waals surface area contributed by atoms with Crippen molar-refractivity contribution in [1.29, 1.82) is 0 Å². The molecule has 3 heterocycles. The summed E-state index contributed by atoms with van der Waals surface area (Å²) in [5, 5.41) is 5.66. The van der Waals surface area contributed by atoms with Crippen molar-refractivity contribution in [3.8, 4) is 10.6 Å². The molecular formula is C24H22ClN5O2S. The maximum Gasteiger partial charge on any atom is 0.275 e. The first-order chi connectivity index (χ1) is 16.0. The van der Waals surface area contributed by atoms with Crippen molar-refractivity contribution in [3.05, 3.63) is 86.8 Å². The molecule has 0 radical (unpaired) electrons. The normalized spacial score (nSPS) is 14.7. The van der Waals surface area contributed by atoms with Gasteiger partial charge in [0.1, 0.15) is 5.01 Å². The molecule has 2 aromatic heterocycles. The van der Waals surface area contributed by atoms with E-state index in [9.17, 15) is 9.59 Å². The zero-order valence-corrected chi connectivity index (χ0v) is 19.6. The van der Waals surface area contributed by atoms with Crippen LogP contribution in [-0.4, -0.2) is 56.5 Å². The van der Waals surface area contributed by atoms with Gasteiger partial charge in [-0.15, -0.1) is 0 Å². The molecule has 168 valence electrons. The summed E-state index contributed by atoms with van der Waals surface area (Å²) in [6, 6.07) is 16.6. The van der Waals surface area contributed by atoms with Crippen LogP contribution in [0.25, 0.3) is 15.5 Å². The third-order valence-electron chi connectivity index (χ3n) is 5.75. The van der Waals surface area contributed by atoms with Crippen molar-refractivity contribution in [1.82, 2.24) is 24.4 Å².